The van der Waals surface area contributed by atoms with Crippen molar-refractivity contribution in [1.29, 1.82) is 0 Å². The van der Waals surface area contributed by atoms with Gasteiger partial charge < -0.3 is 10.6 Å². The third kappa shape index (κ3) is 4.74. The van der Waals surface area contributed by atoms with Crippen molar-refractivity contribution >= 4 is 23.2 Å². The van der Waals surface area contributed by atoms with Crippen molar-refractivity contribution in [3.05, 3.63) is 68.7 Å². The summed E-state index contributed by atoms with van der Waals surface area (Å²) in [4.78, 5) is 26.3. The maximum Gasteiger partial charge on any atom is 0.261 e. The van der Waals surface area contributed by atoms with E-state index in [1.54, 1.807) is 0 Å². The lowest BCUT2D eigenvalue weighted by atomic mass is 10.2. The third-order valence-corrected chi connectivity index (χ3v) is 6.26. The molecule has 0 radical (unpaired) electrons. The van der Waals surface area contributed by atoms with Gasteiger partial charge in [0.2, 0.25) is 5.91 Å². The summed E-state index contributed by atoms with van der Waals surface area (Å²) < 4.78 is 1.88. The van der Waals surface area contributed by atoms with Crippen LogP contribution >= 0.6 is 11.3 Å². The second-order valence-electron chi connectivity index (χ2n) is 6.93. The summed E-state index contributed by atoms with van der Waals surface area (Å²) in [5.74, 6) is -0.439. The fourth-order valence-corrected chi connectivity index (χ4v) is 4.26. The molecule has 0 bridgehead atoms. The van der Waals surface area contributed by atoms with Crippen molar-refractivity contribution < 1.29 is 9.59 Å². The van der Waals surface area contributed by atoms with E-state index >= 15 is 0 Å². The molecule has 0 unspecified atom stereocenters. The van der Waals surface area contributed by atoms with E-state index in [9.17, 15) is 9.59 Å². The molecule has 3 rings (SSSR count). The Balaban J connectivity index is 1.57. The quantitative estimate of drug-likeness (QED) is 0.626. The summed E-state index contributed by atoms with van der Waals surface area (Å²) in [6.45, 7) is 8.30. The van der Waals surface area contributed by atoms with Crippen LogP contribution in [0.15, 0.2) is 36.4 Å². The van der Waals surface area contributed by atoms with Crippen LogP contribution < -0.4 is 10.6 Å². The SMILES string of the molecule is CCc1sc(C(=O)NCC(=O)NCc2c(C)nn(-c3ccccc3)c2C)cc1C. The highest BCUT2D eigenvalue weighted by Gasteiger charge is 2.15. The predicted octanol–water partition coefficient (Wildman–Crippen LogP) is 3.47. The van der Waals surface area contributed by atoms with Gasteiger partial charge in [0, 0.05) is 22.7 Å². The molecule has 0 saturated heterocycles. The molecule has 0 aliphatic heterocycles. The van der Waals surface area contributed by atoms with Gasteiger partial charge in [-0.25, -0.2) is 4.68 Å². The number of hydrogen-bond donors (Lipinski definition) is 2. The van der Waals surface area contributed by atoms with Gasteiger partial charge in [0.05, 0.1) is 22.8 Å². The van der Waals surface area contributed by atoms with Crippen molar-refractivity contribution in [2.45, 2.75) is 40.7 Å². The summed E-state index contributed by atoms with van der Waals surface area (Å²) in [5.41, 5.74) is 4.94. The summed E-state index contributed by atoms with van der Waals surface area (Å²) in [6.07, 6.45) is 0.902. The van der Waals surface area contributed by atoms with Crippen LogP contribution in [0.25, 0.3) is 5.69 Å². The molecule has 2 N–H and O–H groups in total. The van der Waals surface area contributed by atoms with E-state index in [4.69, 9.17) is 0 Å². The number of nitrogens with one attached hydrogen (secondary N) is 2. The predicted molar refractivity (Wildman–Crippen MR) is 116 cm³/mol. The molecule has 0 fully saturated rings. The topological polar surface area (TPSA) is 76.0 Å². The van der Waals surface area contributed by atoms with Crippen molar-refractivity contribution in [2.75, 3.05) is 6.54 Å². The van der Waals surface area contributed by atoms with E-state index in [0.29, 0.717) is 11.4 Å². The average molecular weight is 411 g/mol. The largest absolute Gasteiger partial charge is 0.350 e. The minimum absolute atomic E-state index is 0.0534. The van der Waals surface area contributed by atoms with Crippen molar-refractivity contribution in [3.63, 3.8) is 0 Å². The molecule has 2 amide bonds. The number of benzene rings is 1. The smallest absolute Gasteiger partial charge is 0.261 e. The number of amides is 2. The second-order valence-corrected chi connectivity index (χ2v) is 8.06. The van der Waals surface area contributed by atoms with Gasteiger partial charge >= 0.3 is 0 Å². The van der Waals surface area contributed by atoms with E-state index < -0.39 is 0 Å². The molecule has 0 aliphatic rings. The van der Waals surface area contributed by atoms with Gasteiger partial charge in [-0.3, -0.25) is 9.59 Å². The fourth-order valence-electron chi connectivity index (χ4n) is 3.23. The molecular weight excluding hydrogens is 384 g/mol. The first kappa shape index (κ1) is 20.8. The van der Waals surface area contributed by atoms with Crippen LogP contribution in [0.1, 0.15) is 44.0 Å². The zero-order valence-electron chi connectivity index (χ0n) is 17.2. The Morgan fingerprint density at radius 1 is 1.10 bits per heavy atom. The zero-order chi connectivity index (χ0) is 21.0. The first-order valence-corrected chi connectivity index (χ1v) is 10.5. The van der Waals surface area contributed by atoms with Crippen molar-refractivity contribution in [3.8, 4) is 5.69 Å². The maximum absolute atomic E-state index is 12.3. The average Bonchev–Trinajstić information content (AvgIpc) is 3.24. The second kappa shape index (κ2) is 9.05. The zero-order valence-corrected chi connectivity index (χ0v) is 18.0. The molecule has 152 valence electrons. The van der Waals surface area contributed by atoms with Gasteiger partial charge in [-0.05, 0) is 51.0 Å². The highest BCUT2D eigenvalue weighted by atomic mass is 32.1. The van der Waals surface area contributed by atoms with Gasteiger partial charge in [-0.2, -0.15) is 5.10 Å². The molecule has 0 aliphatic carbocycles. The fraction of sp³-hybridized carbons (Fsp3) is 0.318. The Hall–Kier alpha value is -2.93. The Morgan fingerprint density at radius 2 is 1.83 bits per heavy atom. The molecule has 2 aromatic heterocycles. The molecule has 2 heterocycles. The van der Waals surface area contributed by atoms with Gasteiger partial charge in [-0.1, -0.05) is 25.1 Å². The molecule has 3 aromatic rings. The highest BCUT2D eigenvalue weighted by molar-refractivity contribution is 7.14. The van der Waals surface area contributed by atoms with E-state index in [1.807, 2.05) is 61.9 Å². The van der Waals surface area contributed by atoms with Crippen LogP contribution in [0.2, 0.25) is 0 Å². The molecule has 1 aromatic carbocycles. The number of aryl methyl sites for hydroxylation is 3. The lowest BCUT2D eigenvalue weighted by molar-refractivity contribution is -0.120. The van der Waals surface area contributed by atoms with E-state index in [0.717, 1.165) is 34.6 Å². The number of hydrogen-bond acceptors (Lipinski definition) is 4. The number of rotatable bonds is 7. The maximum atomic E-state index is 12.3. The van der Waals surface area contributed by atoms with Gasteiger partial charge in [0.15, 0.2) is 0 Å². The lowest BCUT2D eigenvalue weighted by Crippen LogP contribution is -2.36. The number of para-hydroxylation sites is 1. The van der Waals surface area contributed by atoms with Crippen LogP contribution in [-0.4, -0.2) is 28.1 Å². The van der Waals surface area contributed by atoms with E-state index in [-0.39, 0.29) is 18.4 Å². The Kier molecular flexibility index (Phi) is 6.49. The number of carbonyl (C=O) groups is 2. The Morgan fingerprint density at radius 3 is 2.48 bits per heavy atom. The first-order chi connectivity index (χ1) is 13.9. The van der Waals surface area contributed by atoms with Gasteiger partial charge in [-0.15, -0.1) is 11.3 Å². The lowest BCUT2D eigenvalue weighted by Gasteiger charge is -2.08. The summed E-state index contributed by atoms with van der Waals surface area (Å²) in [5, 5.41) is 10.2. The minimum Gasteiger partial charge on any atom is -0.350 e. The summed E-state index contributed by atoms with van der Waals surface area (Å²) in [7, 11) is 0. The third-order valence-electron chi connectivity index (χ3n) is 4.88. The molecule has 7 heteroatoms. The Labute approximate surface area is 175 Å². The van der Waals surface area contributed by atoms with Crippen LogP contribution in [0.5, 0.6) is 0 Å². The highest BCUT2D eigenvalue weighted by Crippen LogP contribution is 2.22. The van der Waals surface area contributed by atoms with Gasteiger partial charge in [0.1, 0.15) is 0 Å². The standard InChI is InChI=1S/C22H26N4O2S/c1-5-19-14(2)11-20(29-19)22(28)24-13-21(27)23-12-18-15(3)25-26(16(18)4)17-9-7-6-8-10-17/h6-11H,5,12-13H2,1-4H3,(H,23,27)(H,24,28). The minimum atomic E-state index is -0.228. The molecule has 0 atom stereocenters. The summed E-state index contributed by atoms with van der Waals surface area (Å²) >= 11 is 1.48. The molecule has 0 saturated carbocycles. The summed E-state index contributed by atoms with van der Waals surface area (Å²) in [6, 6.07) is 11.8. The number of nitrogens with zero attached hydrogens (tertiary/aromatic N) is 2. The van der Waals surface area contributed by atoms with Crippen LogP contribution in [0.4, 0.5) is 0 Å². The van der Waals surface area contributed by atoms with E-state index in [2.05, 4.69) is 22.7 Å². The molecule has 6 nitrogen and oxygen atoms in total. The Bertz CT molecular complexity index is 1020. The molecule has 0 spiro atoms. The van der Waals surface area contributed by atoms with Crippen LogP contribution in [0, 0.1) is 20.8 Å². The van der Waals surface area contributed by atoms with Crippen molar-refractivity contribution in [1.82, 2.24) is 20.4 Å². The van der Waals surface area contributed by atoms with Crippen LogP contribution in [0.3, 0.4) is 0 Å². The monoisotopic (exact) mass is 410 g/mol. The van der Waals surface area contributed by atoms with Crippen molar-refractivity contribution in [2.24, 2.45) is 0 Å². The van der Waals surface area contributed by atoms with Crippen LogP contribution in [-0.2, 0) is 17.8 Å². The number of aromatic nitrogens is 2. The first-order valence-electron chi connectivity index (χ1n) is 9.65. The molecule has 29 heavy (non-hydrogen) atoms. The number of carbonyl (C=O) groups excluding carboxylic acids is 2. The normalized spacial score (nSPS) is 10.8. The molecular formula is C22H26N4O2S. The van der Waals surface area contributed by atoms with Gasteiger partial charge in [0.25, 0.3) is 5.91 Å². The van der Waals surface area contributed by atoms with E-state index in [1.165, 1.54) is 16.2 Å². The number of thiophene rings is 1.